The fourth-order valence-electron chi connectivity index (χ4n) is 3.97. The first-order valence-electron chi connectivity index (χ1n) is 9.11. The Labute approximate surface area is 157 Å². The van der Waals surface area contributed by atoms with E-state index in [4.69, 9.17) is 4.74 Å². The third-order valence-electron chi connectivity index (χ3n) is 5.26. The number of phenols is 1. The summed E-state index contributed by atoms with van der Waals surface area (Å²) in [5.74, 6) is 1.40. The second-order valence-corrected chi connectivity index (χ2v) is 7.97. The van der Waals surface area contributed by atoms with Gasteiger partial charge in [-0.3, -0.25) is 4.79 Å². The third-order valence-corrected chi connectivity index (χ3v) is 6.43. The molecule has 4 heteroatoms. The normalized spacial score (nSPS) is 15.3. The first-order valence-corrected chi connectivity index (χ1v) is 9.93. The minimum atomic E-state index is 0.0464. The Bertz CT molecular complexity index is 951. The molecule has 1 saturated carbocycles. The van der Waals surface area contributed by atoms with Crippen LogP contribution in [0.4, 0.5) is 0 Å². The Kier molecular flexibility index (Phi) is 4.68. The van der Waals surface area contributed by atoms with E-state index in [1.807, 2.05) is 24.3 Å². The molecule has 1 aliphatic carbocycles. The largest absolute Gasteiger partial charge is 0.508 e. The minimum absolute atomic E-state index is 0.0464. The van der Waals surface area contributed by atoms with E-state index >= 15 is 0 Å². The van der Waals surface area contributed by atoms with Crippen molar-refractivity contribution in [3.8, 4) is 11.5 Å². The summed E-state index contributed by atoms with van der Waals surface area (Å²) in [7, 11) is 1.61. The fourth-order valence-corrected chi connectivity index (χ4v) is 5.25. The van der Waals surface area contributed by atoms with Gasteiger partial charge in [-0.25, -0.2) is 0 Å². The number of thiophene rings is 1. The summed E-state index contributed by atoms with van der Waals surface area (Å²) in [5, 5.41) is 11.0. The van der Waals surface area contributed by atoms with Gasteiger partial charge in [-0.15, -0.1) is 11.3 Å². The van der Waals surface area contributed by atoms with Gasteiger partial charge in [0.25, 0.3) is 0 Å². The summed E-state index contributed by atoms with van der Waals surface area (Å²) in [5.41, 5.74) is 1.83. The van der Waals surface area contributed by atoms with Crippen molar-refractivity contribution in [2.75, 3.05) is 7.11 Å². The van der Waals surface area contributed by atoms with Crippen molar-refractivity contribution >= 4 is 27.2 Å². The molecule has 4 rings (SSSR count). The van der Waals surface area contributed by atoms with Crippen molar-refractivity contribution in [2.24, 2.45) is 0 Å². The predicted molar refractivity (Wildman–Crippen MR) is 106 cm³/mol. The maximum atomic E-state index is 13.3. The molecule has 3 aromatic rings. The summed E-state index contributed by atoms with van der Waals surface area (Å²) in [6.45, 7) is 0. The van der Waals surface area contributed by atoms with Crippen molar-refractivity contribution in [3.63, 3.8) is 0 Å². The van der Waals surface area contributed by atoms with Crippen molar-refractivity contribution < 1.29 is 14.6 Å². The van der Waals surface area contributed by atoms with Gasteiger partial charge in [0.05, 0.1) is 12.0 Å². The molecule has 1 fully saturated rings. The monoisotopic (exact) mass is 366 g/mol. The van der Waals surface area contributed by atoms with Gasteiger partial charge in [0.2, 0.25) is 5.78 Å². The predicted octanol–water partition coefficient (Wildman–Crippen LogP) is 5.89. The number of methoxy groups -OCH3 is 1. The first kappa shape index (κ1) is 17.1. The lowest BCUT2D eigenvalue weighted by Crippen LogP contribution is -2.09. The van der Waals surface area contributed by atoms with Crippen LogP contribution in [0.5, 0.6) is 11.5 Å². The number of aromatic hydroxyl groups is 1. The molecule has 0 saturated heterocycles. The number of carbonyl (C=O) groups is 1. The van der Waals surface area contributed by atoms with Crippen LogP contribution in [0.2, 0.25) is 0 Å². The molecule has 3 nitrogen and oxygen atoms in total. The van der Waals surface area contributed by atoms with E-state index in [0.29, 0.717) is 17.2 Å². The number of hydrogen-bond acceptors (Lipinski definition) is 4. The highest BCUT2D eigenvalue weighted by Crippen LogP contribution is 2.44. The molecular formula is C22H22O3S. The SMILES string of the molecule is COc1cccc(C(=O)c2sc3cc(O)ccc3c2C2CCCCC2)c1. The number of carbonyl (C=O) groups excluding carboxylic acids is 1. The molecule has 0 spiro atoms. The highest BCUT2D eigenvalue weighted by molar-refractivity contribution is 7.21. The number of benzene rings is 2. The Hall–Kier alpha value is -2.33. The van der Waals surface area contributed by atoms with Crippen LogP contribution in [0.25, 0.3) is 10.1 Å². The van der Waals surface area contributed by atoms with E-state index in [0.717, 1.165) is 27.8 Å². The second kappa shape index (κ2) is 7.12. The molecular weight excluding hydrogens is 344 g/mol. The molecule has 1 aliphatic rings. The number of rotatable bonds is 4. The standard InChI is InChI=1S/C22H22O3S/c1-25-17-9-5-8-15(12-17)21(24)22-20(14-6-3-2-4-7-14)18-11-10-16(23)13-19(18)26-22/h5,8-14,23H,2-4,6-7H2,1H3. The number of fused-ring (bicyclic) bond motifs is 1. The molecule has 1 heterocycles. The van der Waals surface area contributed by atoms with Crippen LogP contribution in [0.1, 0.15) is 58.8 Å². The Morgan fingerprint density at radius 1 is 1.12 bits per heavy atom. The number of ether oxygens (including phenoxy) is 1. The van der Waals surface area contributed by atoms with Gasteiger partial charge in [0.1, 0.15) is 11.5 Å². The first-order chi connectivity index (χ1) is 12.7. The Morgan fingerprint density at radius 3 is 2.69 bits per heavy atom. The second-order valence-electron chi connectivity index (χ2n) is 6.92. The number of phenolic OH excluding ortho intramolecular Hbond substituents is 1. The smallest absolute Gasteiger partial charge is 0.203 e. The van der Waals surface area contributed by atoms with Crippen LogP contribution >= 0.6 is 11.3 Å². The lowest BCUT2D eigenvalue weighted by Gasteiger charge is -2.22. The quantitative estimate of drug-likeness (QED) is 0.585. The van der Waals surface area contributed by atoms with Crippen LogP contribution in [0.15, 0.2) is 42.5 Å². The average molecular weight is 366 g/mol. The van der Waals surface area contributed by atoms with Gasteiger partial charge in [-0.05, 0) is 60.0 Å². The zero-order chi connectivity index (χ0) is 18.1. The molecule has 0 unspecified atom stereocenters. The zero-order valence-electron chi connectivity index (χ0n) is 14.8. The van der Waals surface area contributed by atoms with Crippen LogP contribution in [0, 0.1) is 0 Å². The summed E-state index contributed by atoms with van der Waals surface area (Å²) < 4.78 is 6.26. The van der Waals surface area contributed by atoms with Crippen molar-refractivity contribution in [1.82, 2.24) is 0 Å². The van der Waals surface area contributed by atoms with Crippen LogP contribution in [-0.2, 0) is 0 Å². The lowest BCUT2D eigenvalue weighted by molar-refractivity contribution is 0.104. The van der Waals surface area contributed by atoms with E-state index in [2.05, 4.69) is 0 Å². The van der Waals surface area contributed by atoms with E-state index in [1.165, 1.54) is 36.2 Å². The molecule has 134 valence electrons. The van der Waals surface area contributed by atoms with E-state index in [1.54, 1.807) is 25.3 Å². The summed E-state index contributed by atoms with van der Waals surface area (Å²) >= 11 is 1.50. The van der Waals surface area contributed by atoms with E-state index < -0.39 is 0 Å². The van der Waals surface area contributed by atoms with Crippen LogP contribution in [0.3, 0.4) is 0 Å². The molecule has 1 N–H and O–H groups in total. The highest BCUT2D eigenvalue weighted by Gasteiger charge is 2.27. The molecule has 0 atom stereocenters. The van der Waals surface area contributed by atoms with Gasteiger partial charge in [-0.1, -0.05) is 31.4 Å². The van der Waals surface area contributed by atoms with E-state index in [9.17, 15) is 9.90 Å². The molecule has 1 aromatic heterocycles. The van der Waals surface area contributed by atoms with Crippen LogP contribution < -0.4 is 4.74 Å². The maximum absolute atomic E-state index is 13.3. The van der Waals surface area contributed by atoms with Crippen molar-refractivity contribution in [1.29, 1.82) is 0 Å². The number of ketones is 1. The third kappa shape index (κ3) is 3.10. The van der Waals surface area contributed by atoms with Crippen molar-refractivity contribution in [3.05, 3.63) is 58.5 Å². The molecule has 26 heavy (non-hydrogen) atoms. The zero-order valence-corrected chi connectivity index (χ0v) is 15.6. The fraction of sp³-hybridized carbons (Fsp3) is 0.318. The average Bonchev–Trinajstić information content (AvgIpc) is 3.06. The Balaban J connectivity index is 1.85. The van der Waals surface area contributed by atoms with Gasteiger partial charge < -0.3 is 9.84 Å². The topological polar surface area (TPSA) is 46.5 Å². The summed E-state index contributed by atoms with van der Waals surface area (Å²) in [6.07, 6.45) is 5.97. The maximum Gasteiger partial charge on any atom is 0.203 e. The number of hydrogen-bond donors (Lipinski definition) is 1. The highest BCUT2D eigenvalue weighted by atomic mass is 32.1. The van der Waals surface area contributed by atoms with E-state index in [-0.39, 0.29) is 11.5 Å². The molecule has 0 radical (unpaired) electrons. The van der Waals surface area contributed by atoms with Gasteiger partial charge in [0.15, 0.2) is 0 Å². The summed E-state index contributed by atoms with van der Waals surface area (Å²) in [6, 6.07) is 12.8. The van der Waals surface area contributed by atoms with Crippen LogP contribution in [-0.4, -0.2) is 18.0 Å². The minimum Gasteiger partial charge on any atom is -0.508 e. The molecule has 0 aliphatic heterocycles. The van der Waals surface area contributed by atoms with Gasteiger partial charge in [-0.2, -0.15) is 0 Å². The molecule has 0 amide bonds. The van der Waals surface area contributed by atoms with Crippen molar-refractivity contribution in [2.45, 2.75) is 38.0 Å². The van der Waals surface area contributed by atoms with Gasteiger partial charge >= 0.3 is 0 Å². The molecule has 2 aromatic carbocycles. The molecule has 0 bridgehead atoms. The summed E-state index contributed by atoms with van der Waals surface area (Å²) in [4.78, 5) is 14.1. The Morgan fingerprint density at radius 2 is 1.92 bits per heavy atom. The lowest BCUT2D eigenvalue weighted by atomic mass is 9.82. The van der Waals surface area contributed by atoms with Gasteiger partial charge in [0, 0.05) is 10.3 Å².